The molecule has 0 radical (unpaired) electrons. The second-order valence-electron chi connectivity index (χ2n) is 4.76. The molecule has 0 aromatic heterocycles. The third kappa shape index (κ3) is 4.75. The molecule has 0 saturated carbocycles. The number of rotatable bonds is 7. The highest BCUT2D eigenvalue weighted by Gasteiger charge is 2.24. The smallest absolute Gasteiger partial charge is 0.251 e. The molecule has 1 unspecified atom stereocenters. The summed E-state index contributed by atoms with van der Waals surface area (Å²) in [6, 6.07) is 7.17. The number of halogens is 1. The van der Waals surface area contributed by atoms with E-state index in [2.05, 4.69) is 5.32 Å². The number of carbonyl (C=O) groups excluding carboxylic acids is 1. The monoisotopic (exact) mass is 283 g/mol. The quantitative estimate of drug-likeness (QED) is 0.776. The van der Waals surface area contributed by atoms with Gasteiger partial charge in [-0.05, 0) is 51.0 Å². The van der Waals surface area contributed by atoms with Crippen molar-refractivity contribution in [2.75, 3.05) is 12.5 Å². The predicted octanol–water partition coefficient (Wildman–Crippen LogP) is 3.61. The molecule has 1 rings (SSSR count). The van der Waals surface area contributed by atoms with Gasteiger partial charge < -0.3 is 10.1 Å². The van der Waals surface area contributed by atoms with Gasteiger partial charge in [0.1, 0.15) is 5.75 Å². The number of hydrogen-bond donors (Lipinski definition) is 1. The molecule has 0 heterocycles. The Bertz CT molecular complexity index is 405. The van der Waals surface area contributed by atoms with E-state index in [0.717, 1.165) is 18.6 Å². The molecule has 0 bridgehead atoms. The summed E-state index contributed by atoms with van der Waals surface area (Å²) in [6.45, 7) is 6.61. The molecule has 106 valence electrons. The molecule has 19 heavy (non-hydrogen) atoms. The van der Waals surface area contributed by atoms with Crippen molar-refractivity contribution in [1.82, 2.24) is 5.32 Å². The van der Waals surface area contributed by atoms with E-state index < -0.39 is 0 Å². The first kappa shape index (κ1) is 15.8. The van der Waals surface area contributed by atoms with Crippen molar-refractivity contribution in [1.29, 1.82) is 0 Å². The zero-order chi connectivity index (χ0) is 14.3. The van der Waals surface area contributed by atoms with Crippen molar-refractivity contribution < 1.29 is 9.53 Å². The van der Waals surface area contributed by atoms with Gasteiger partial charge in [-0.15, -0.1) is 11.6 Å². The highest BCUT2D eigenvalue weighted by atomic mass is 35.5. The molecular formula is C15H22ClNO2. The van der Waals surface area contributed by atoms with Crippen LogP contribution in [0.2, 0.25) is 0 Å². The van der Waals surface area contributed by atoms with Gasteiger partial charge in [0.15, 0.2) is 0 Å². The van der Waals surface area contributed by atoms with E-state index in [4.69, 9.17) is 16.3 Å². The number of carbonyl (C=O) groups is 1. The van der Waals surface area contributed by atoms with E-state index in [0.29, 0.717) is 18.1 Å². The van der Waals surface area contributed by atoms with E-state index in [1.165, 1.54) is 0 Å². The summed E-state index contributed by atoms with van der Waals surface area (Å²) in [5.74, 6) is 1.24. The van der Waals surface area contributed by atoms with Crippen LogP contribution in [-0.4, -0.2) is 23.9 Å². The Morgan fingerprint density at radius 2 is 1.95 bits per heavy atom. The summed E-state index contributed by atoms with van der Waals surface area (Å²) < 4.78 is 5.35. The largest absolute Gasteiger partial charge is 0.494 e. The maximum absolute atomic E-state index is 12.2. The number of alkyl halides is 1. The average Bonchev–Trinajstić information content (AvgIpc) is 2.40. The fourth-order valence-corrected chi connectivity index (χ4v) is 2.17. The molecule has 0 aliphatic rings. The van der Waals surface area contributed by atoms with Crippen molar-refractivity contribution >= 4 is 17.5 Å². The normalized spacial score (nSPS) is 13.7. The maximum Gasteiger partial charge on any atom is 0.251 e. The van der Waals surface area contributed by atoms with E-state index >= 15 is 0 Å². The van der Waals surface area contributed by atoms with Crippen LogP contribution in [0.1, 0.15) is 44.0 Å². The van der Waals surface area contributed by atoms with Crippen LogP contribution in [0.3, 0.4) is 0 Å². The second kappa shape index (κ2) is 7.39. The lowest BCUT2D eigenvalue weighted by Crippen LogP contribution is -2.45. The second-order valence-corrected chi connectivity index (χ2v) is 5.14. The Hall–Kier alpha value is -1.22. The molecule has 1 aromatic carbocycles. The zero-order valence-electron chi connectivity index (χ0n) is 11.8. The zero-order valence-corrected chi connectivity index (χ0v) is 12.6. The van der Waals surface area contributed by atoms with Crippen LogP contribution in [0, 0.1) is 0 Å². The Balaban J connectivity index is 2.71. The fourth-order valence-electron chi connectivity index (χ4n) is 1.75. The molecule has 0 spiro atoms. The maximum atomic E-state index is 12.2. The topological polar surface area (TPSA) is 38.3 Å². The number of ether oxygens (including phenoxy) is 1. The van der Waals surface area contributed by atoms with Crippen LogP contribution in [0.25, 0.3) is 0 Å². The summed E-state index contributed by atoms with van der Waals surface area (Å²) in [5.41, 5.74) is 0.384. The summed E-state index contributed by atoms with van der Waals surface area (Å²) in [5, 5.41) is 3.05. The van der Waals surface area contributed by atoms with E-state index in [1.54, 1.807) is 12.1 Å². The molecule has 1 atom stereocenters. The molecule has 0 aliphatic carbocycles. The highest BCUT2D eigenvalue weighted by Crippen LogP contribution is 2.17. The Labute approximate surface area is 120 Å². The fraction of sp³-hybridized carbons (Fsp3) is 0.533. The lowest BCUT2D eigenvalue weighted by molar-refractivity contribution is 0.0901. The first-order valence-corrected chi connectivity index (χ1v) is 7.19. The molecule has 4 heteroatoms. The van der Waals surface area contributed by atoms with Gasteiger partial charge in [0.2, 0.25) is 0 Å². The molecule has 1 amide bonds. The van der Waals surface area contributed by atoms with Crippen LogP contribution in [0.15, 0.2) is 24.3 Å². The summed E-state index contributed by atoms with van der Waals surface area (Å²) >= 11 is 5.78. The Kier molecular flexibility index (Phi) is 6.16. The molecule has 1 N–H and O–H groups in total. The Morgan fingerprint density at radius 3 is 2.42 bits per heavy atom. The molecule has 0 saturated heterocycles. The first-order valence-electron chi connectivity index (χ1n) is 6.66. The molecule has 1 aromatic rings. The minimum atomic E-state index is -0.253. The highest BCUT2D eigenvalue weighted by molar-refractivity contribution is 6.17. The van der Waals surface area contributed by atoms with Gasteiger partial charge in [0.05, 0.1) is 6.61 Å². The van der Waals surface area contributed by atoms with Gasteiger partial charge in [-0.2, -0.15) is 0 Å². The van der Waals surface area contributed by atoms with Gasteiger partial charge in [0, 0.05) is 17.0 Å². The van der Waals surface area contributed by atoms with Crippen molar-refractivity contribution in [2.24, 2.45) is 0 Å². The standard InChI is InChI=1S/C15H22ClNO2/c1-4-15(3,10-11-16)17-14(18)12-6-8-13(9-7-12)19-5-2/h6-9H,4-5,10-11H2,1-3H3,(H,17,18). The molecule has 3 nitrogen and oxygen atoms in total. The van der Waals surface area contributed by atoms with Crippen LogP contribution in [0.5, 0.6) is 5.75 Å². The minimum Gasteiger partial charge on any atom is -0.494 e. The van der Waals surface area contributed by atoms with Gasteiger partial charge >= 0.3 is 0 Å². The predicted molar refractivity (Wildman–Crippen MR) is 79.1 cm³/mol. The van der Waals surface area contributed by atoms with Gasteiger partial charge in [-0.1, -0.05) is 6.92 Å². The SMILES string of the molecule is CCOc1ccc(C(=O)NC(C)(CC)CCCl)cc1. The lowest BCUT2D eigenvalue weighted by Gasteiger charge is -2.29. The Morgan fingerprint density at radius 1 is 1.32 bits per heavy atom. The van der Waals surface area contributed by atoms with Crippen molar-refractivity contribution in [3.05, 3.63) is 29.8 Å². The number of hydrogen-bond acceptors (Lipinski definition) is 2. The average molecular weight is 284 g/mol. The van der Waals surface area contributed by atoms with Crippen LogP contribution in [0.4, 0.5) is 0 Å². The number of nitrogens with one attached hydrogen (secondary N) is 1. The van der Waals surface area contributed by atoms with Gasteiger partial charge in [-0.25, -0.2) is 0 Å². The van der Waals surface area contributed by atoms with Crippen molar-refractivity contribution in [3.8, 4) is 5.75 Å². The van der Waals surface area contributed by atoms with Gasteiger partial charge in [0.25, 0.3) is 5.91 Å². The van der Waals surface area contributed by atoms with Crippen LogP contribution < -0.4 is 10.1 Å². The summed E-state index contributed by atoms with van der Waals surface area (Å²) in [7, 11) is 0. The third-order valence-corrected chi connectivity index (χ3v) is 3.46. The summed E-state index contributed by atoms with van der Waals surface area (Å²) in [4.78, 5) is 12.2. The molecular weight excluding hydrogens is 262 g/mol. The van der Waals surface area contributed by atoms with E-state index in [9.17, 15) is 4.79 Å². The number of benzene rings is 1. The third-order valence-electron chi connectivity index (χ3n) is 3.27. The van der Waals surface area contributed by atoms with Crippen molar-refractivity contribution in [2.45, 2.75) is 39.2 Å². The minimum absolute atomic E-state index is 0.0717. The first-order chi connectivity index (χ1) is 9.04. The molecule has 0 aliphatic heterocycles. The van der Waals surface area contributed by atoms with Crippen LogP contribution >= 0.6 is 11.6 Å². The van der Waals surface area contributed by atoms with E-state index in [1.807, 2.05) is 32.9 Å². The molecule has 0 fully saturated rings. The van der Waals surface area contributed by atoms with Crippen molar-refractivity contribution in [3.63, 3.8) is 0 Å². The lowest BCUT2D eigenvalue weighted by atomic mass is 9.95. The van der Waals surface area contributed by atoms with Crippen LogP contribution in [-0.2, 0) is 0 Å². The van der Waals surface area contributed by atoms with E-state index in [-0.39, 0.29) is 11.4 Å². The number of amides is 1. The summed E-state index contributed by atoms with van der Waals surface area (Å²) in [6.07, 6.45) is 1.61. The van der Waals surface area contributed by atoms with Gasteiger partial charge in [-0.3, -0.25) is 4.79 Å².